The number of aliphatic carboxylic acids is 1. The fourth-order valence-electron chi connectivity index (χ4n) is 12.1. The molecule has 1 N–H and O–H groups in total. The molecule has 2 unspecified atom stereocenters. The van der Waals surface area contributed by atoms with Gasteiger partial charge in [0.25, 0.3) is 0 Å². The monoisotopic (exact) mass is 1390 g/mol. The van der Waals surface area contributed by atoms with Gasteiger partial charge >= 0.3 is 41.8 Å². The van der Waals surface area contributed by atoms with E-state index in [0.717, 1.165) is 83.3 Å². The molecule has 0 aromatic carbocycles. The average molecular weight is 1390 g/mol. The molecule has 2 atom stereocenters. The van der Waals surface area contributed by atoms with Gasteiger partial charge in [0.05, 0.1) is 0 Å². The minimum atomic E-state index is -0.985. The van der Waals surface area contributed by atoms with Crippen LogP contribution in [0.2, 0.25) is 0 Å². The topological polar surface area (TPSA) is 212 Å². The van der Waals surface area contributed by atoms with Crippen molar-refractivity contribution in [2.45, 2.75) is 446 Å². The van der Waals surface area contributed by atoms with Crippen molar-refractivity contribution in [1.29, 1.82) is 0 Å². The molecule has 0 amide bonds. The second-order valence-corrected chi connectivity index (χ2v) is 28.5. The molecular weight excluding hydrogens is 1240 g/mol. The van der Waals surface area contributed by atoms with E-state index in [1.807, 2.05) is 0 Å². The number of ether oxygens (including phenoxy) is 6. The van der Waals surface area contributed by atoms with Gasteiger partial charge in [-0.3, -0.25) is 33.6 Å². The lowest BCUT2D eigenvalue weighted by atomic mass is 10.0. The van der Waals surface area contributed by atoms with E-state index in [9.17, 15) is 38.4 Å². The Bertz CT molecular complexity index is 1710. The number of carbonyl (C=O) groups is 8. The number of hydrogen-bond donors (Lipinski definition) is 1. The van der Waals surface area contributed by atoms with Crippen LogP contribution >= 0.6 is 0 Å². The summed E-state index contributed by atoms with van der Waals surface area (Å²) in [7, 11) is 0. The summed E-state index contributed by atoms with van der Waals surface area (Å²) in [5.74, 6) is -4.00. The van der Waals surface area contributed by atoms with Crippen LogP contribution in [0.5, 0.6) is 0 Å². The SMILES string of the molecule is C.CCCCCCCCCCCCCCCC(=O)OCC(COC(=O)CCCCCCCCCCCCCCC)OC(=O)CC(C)CC(=O)O.CCCCCCCCCCCCCCCC(=O)OCC(COC(=O)CCCCCCCCCCCCCCC)OC(=O)CC(C)CC=O. The third-order valence-electron chi connectivity index (χ3n) is 18.3. The largest absolute Gasteiger partial charge is 0.481 e. The van der Waals surface area contributed by atoms with Crippen molar-refractivity contribution in [3.63, 3.8) is 0 Å². The van der Waals surface area contributed by atoms with Crippen LogP contribution in [0.4, 0.5) is 0 Å². The lowest BCUT2D eigenvalue weighted by Gasteiger charge is -2.19. The molecule has 15 nitrogen and oxygen atoms in total. The Morgan fingerprint density at radius 3 is 0.643 bits per heavy atom. The van der Waals surface area contributed by atoms with Gasteiger partial charge in [-0.25, -0.2) is 0 Å². The van der Waals surface area contributed by atoms with Crippen LogP contribution in [0.25, 0.3) is 0 Å². The molecule has 0 aromatic heterocycles. The number of aldehydes is 1. The summed E-state index contributed by atoms with van der Waals surface area (Å²) in [5.41, 5.74) is 0. The van der Waals surface area contributed by atoms with Gasteiger partial charge in [0, 0.05) is 51.4 Å². The lowest BCUT2D eigenvalue weighted by molar-refractivity contribution is -0.167. The summed E-state index contributed by atoms with van der Waals surface area (Å²) in [4.78, 5) is 96.2. The number of carbonyl (C=O) groups excluding carboxylic acids is 7. The van der Waals surface area contributed by atoms with Gasteiger partial charge in [0.2, 0.25) is 0 Å². The van der Waals surface area contributed by atoms with E-state index in [2.05, 4.69) is 27.7 Å². The maximum Gasteiger partial charge on any atom is 0.306 e. The summed E-state index contributed by atoms with van der Waals surface area (Å²) < 4.78 is 32.6. The highest BCUT2D eigenvalue weighted by Gasteiger charge is 2.23. The van der Waals surface area contributed by atoms with E-state index < -0.39 is 36.0 Å². The predicted octanol–water partition coefficient (Wildman–Crippen LogP) is 23.6. The van der Waals surface area contributed by atoms with Crippen molar-refractivity contribution >= 4 is 48.1 Å². The maximum absolute atomic E-state index is 12.5. The van der Waals surface area contributed by atoms with E-state index in [-0.39, 0.29) is 89.3 Å². The highest BCUT2D eigenvalue weighted by Crippen LogP contribution is 2.20. The first kappa shape index (κ1) is 98.1. The zero-order chi connectivity index (χ0) is 71.6. The molecular formula is C83H156O15. The maximum atomic E-state index is 12.5. The Balaban J connectivity index is -0.00000182. The van der Waals surface area contributed by atoms with E-state index in [1.54, 1.807) is 13.8 Å². The van der Waals surface area contributed by atoms with Crippen LogP contribution in [0.15, 0.2) is 0 Å². The molecule has 0 aliphatic heterocycles. The Morgan fingerprint density at radius 1 is 0.276 bits per heavy atom. The molecule has 0 bridgehead atoms. The second-order valence-electron chi connectivity index (χ2n) is 28.5. The summed E-state index contributed by atoms with van der Waals surface area (Å²) in [6.45, 7) is 11.8. The summed E-state index contributed by atoms with van der Waals surface area (Å²) in [6.07, 6.45) is 64.5. The zero-order valence-corrected chi connectivity index (χ0v) is 63.8. The molecule has 0 aliphatic rings. The fourth-order valence-corrected chi connectivity index (χ4v) is 12.1. The third kappa shape index (κ3) is 77.7. The molecule has 0 heterocycles. The zero-order valence-electron chi connectivity index (χ0n) is 63.8. The average Bonchev–Trinajstić information content (AvgIpc) is 1.07. The molecule has 0 aromatic rings. The van der Waals surface area contributed by atoms with Crippen molar-refractivity contribution in [2.24, 2.45) is 11.8 Å². The molecule has 0 rings (SSSR count). The Labute approximate surface area is 601 Å². The van der Waals surface area contributed by atoms with Gasteiger partial charge in [-0.1, -0.05) is 357 Å². The van der Waals surface area contributed by atoms with E-state index in [4.69, 9.17) is 33.5 Å². The van der Waals surface area contributed by atoms with Crippen molar-refractivity contribution < 1.29 is 71.9 Å². The van der Waals surface area contributed by atoms with Crippen molar-refractivity contribution in [3.05, 3.63) is 0 Å². The number of carboxylic acids is 1. The minimum absolute atomic E-state index is 0. The predicted molar refractivity (Wildman–Crippen MR) is 402 cm³/mol. The number of rotatable bonds is 74. The first-order valence-electron chi connectivity index (χ1n) is 40.9. The van der Waals surface area contributed by atoms with Gasteiger partial charge in [-0.05, 0) is 37.5 Å². The number of esters is 6. The minimum Gasteiger partial charge on any atom is -0.481 e. The number of carboxylic acid groups (broad SMARTS) is 1. The van der Waals surface area contributed by atoms with E-state index >= 15 is 0 Å². The van der Waals surface area contributed by atoms with E-state index in [1.165, 1.54) is 257 Å². The fraction of sp³-hybridized carbons (Fsp3) is 0.904. The Hall–Kier alpha value is -4.04. The van der Waals surface area contributed by atoms with Gasteiger partial charge in [0.15, 0.2) is 12.2 Å². The second kappa shape index (κ2) is 78.7. The van der Waals surface area contributed by atoms with Crippen LogP contribution in [0.3, 0.4) is 0 Å². The summed E-state index contributed by atoms with van der Waals surface area (Å²) >= 11 is 0. The smallest absolute Gasteiger partial charge is 0.306 e. The molecule has 98 heavy (non-hydrogen) atoms. The van der Waals surface area contributed by atoms with Crippen molar-refractivity contribution in [2.75, 3.05) is 26.4 Å². The molecule has 0 spiro atoms. The Kier molecular flexibility index (Phi) is 78.8. The highest BCUT2D eigenvalue weighted by molar-refractivity contribution is 5.73. The van der Waals surface area contributed by atoms with Crippen LogP contribution in [-0.2, 0) is 66.8 Å². The lowest BCUT2D eigenvalue weighted by Crippen LogP contribution is -2.31. The van der Waals surface area contributed by atoms with Crippen LogP contribution in [0.1, 0.15) is 434 Å². The van der Waals surface area contributed by atoms with Gasteiger partial charge < -0.3 is 38.3 Å². The Morgan fingerprint density at radius 2 is 0.459 bits per heavy atom. The van der Waals surface area contributed by atoms with Gasteiger partial charge in [-0.2, -0.15) is 0 Å². The third-order valence-corrected chi connectivity index (χ3v) is 18.3. The van der Waals surface area contributed by atoms with Gasteiger partial charge in [0.1, 0.15) is 32.7 Å². The molecule has 0 saturated carbocycles. The molecule has 0 fully saturated rings. The van der Waals surface area contributed by atoms with E-state index in [0.29, 0.717) is 25.7 Å². The standard InChI is InChI=1S/C41H76O8.C41H76O7.CH4/c1-4-6-8-10-12-14-16-18-20-22-24-26-28-30-39(44)47-34-37(49-41(46)33-36(3)32-38(42)43)35-48-40(45)31-29-27-25-23-21-19-17-15-13-11-9-7-5-2;1-4-6-8-10-12-14-16-18-20-22-24-26-28-30-39(43)46-35-38(48-41(45)34-37(3)32-33-42)36-47-40(44)31-29-27-25-23-21-19-17-15-13-11-9-7-5-2;/h36-37H,4-35H2,1-3H3,(H,42,43);33,37-38H,4-32,34-36H2,1-3H3;1H4. The molecule has 0 radical (unpaired) electrons. The molecule has 578 valence electrons. The molecule has 0 aliphatic carbocycles. The summed E-state index contributed by atoms with van der Waals surface area (Å²) in [6, 6.07) is 0. The highest BCUT2D eigenvalue weighted by atomic mass is 16.6. The summed E-state index contributed by atoms with van der Waals surface area (Å²) in [5, 5.41) is 8.99. The van der Waals surface area contributed by atoms with Crippen LogP contribution in [0, 0.1) is 11.8 Å². The van der Waals surface area contributed by atoms with Crippen LogP contribution in [-0.4, -0.2) is 91.8 Å². The van der Waals surface area contributed by atoms with Crippen LogP contribution < -0.4 is 0 Å². The number of unbranched alkanes of at least 4 members (excludes halogenated alkanes) is 48. The van der Waals surface area contributed by atoms with Crippen molar-refractivity contribution in [1.82, 2.24) is 0 Å². The first-order valence-corrected chi connectivity index (χ1v) is 40.9. The van der Waals surface area contributed by atoms with Crippen molar-refractivity contribution in [3.8, 4) is 0 Å². The van der Waals surface area contributed by atoms with Gasteiger partial charge in [-0.15, -0.1) is 0 Å². The molecule has 0 saturated heterocycles. The first-order chi connectivity index (χ1) is 47.2. The quantitative estimate of drug-likeness (QED) is 0.0260. The normalized spacial score (nSPS) is 11.7. The molecule has 15 heteroatoms. The number of hydrogen-bond acceptors (Lipinski definition) is 14.